The van der Waals surface area contributed by atoms with Crippen LogP contribution in [-0.2, 0) is 9.47 Å². The molecule has 0 aromatic rings. The Balaban J connectivity index is 1.33. The van der Waals surface area contributed by atoms with Gasteiger partial charge in [-0.25, -0.2) is 0 Å². The van der Waals surface area contributed by atoms with Gasteiger partial charge in [0, 0.05) is 6.61 Å². The van der Waals surface area contributed by atoms with E-state index in [-0.39, 0.29) is 0 Å². The second kappa shape index (κ2) is 10.9. The van der Waals surface area contributed by atoms with Crippen LogP contribution in [-0.4, -0.2) is 25.4 Å². The summed E-state index contributed by atoms with van der Waals surface area (Å²) in [5.74, 6) is 3.53. The Morgan fingerprint density at radius 1 is 0.808 bits per heavy atom. The summed E-state index contributed by atoms with van der Waals surface area (Å²) < 4.78 is 11.9. The minimum Gasteiger partial charge on any atom is -0.376 e. The fourth-order valence-electron chi connectivity index (χ4n) is 5.59. The number of hydrogen-bond donors (Lipinski definition) is 0. The van der Waals surface area contributed by atoms with Crippen LogP contribution in [0.25, 0.3) is 0 Å². The molecule has 0 aromatic heterocycles. The van der Waals surface area contributed by atoms with Crippen molar-refractivity contribution in [3.8, 4) is 0 Å². The van der Waals surface area contributed by atoms with Crippen LogP contribution in [0.1, 0.15) is 90.9 Å². The van der Waals surface area contributed by atoms with Gasteiger partial charge in [0.15, 0.2) is 0 Å². The van der Waals surface area contributed by atoms with Gasteiger partial charge in [-0.1, -0.05) is 31.9 Å². The number of ether oxygens (including phenoxy) is 2. The highest BCUT2D eigenvalue weighted by atomic mass is 16.5. The molecule has 1 saturated heterocycles. The second-order valence-corrected chi connectivity index (χ2v) is 9.16. The molecule has 3 rings (SSSR count). The predicted molar refractivity (Wildman–Crippen MR) is 109 cm³/mol. The Hall–Kier alpha value is -0.340. The maximum absolute atomic E-state index is 6.16. The molecule has 2 unspecified atom stereocenters. The molecule has 1 heterocycles. The highest BCUT2D eigenvalue weighted by Crippen LogP contribution is 2.37. The fraction of sp³-hybridized carbons (Fsp3) is 0.917. The van der Waals surface area contributed by atoms with Crippen LogP contribution >= 0.6 is 0 Å². The zero-order valence-corrected chi connectivity index (χ0v) is 17.3. The van der Waals surface area contributed by atoms with Gasteiger partial charge >= 0.3 is 0 Å². The summed E-state index contributed by atoms with van der Waals surface area (Å²) >= 11 is 0. The maximum atomic E-state index is 6.16. The quantitative estimate of drug-likeness (QED) is 0.479. The van der Waals surface area contributed by atoms with Gasteiger partial charge in [-0.05, 0) is 94.8 Å². The lowest BCUT2D eigenvalue weighted by Gasteiger charge is -2.37. The van der Waals surface area contributed by atoms with E-state index in [1.807, 2.05) is 0 Å². The summed E-state index contributed by atoms with van der Waals surface area (Å²) in [5, 5.41) is 0. The molecule has 0 radical (unpaired) electrons. The minimum absolute atomic E-state index is 0.350. The number of allylic oxidation sites excluding steroid dienone is 2. The van der Waals surface area contributed by atoms with Crippen molar-refractivity contribution in [3.05, 3.63) is 12.2 Å². The Morgan fingerprint density at radius 2 is 1.46 bits per heavy atom. The van der Waals surface area contributed by atoms with Gasteiger partial charge in [-0.15, -0.1) is 0 Å². The van der Waals surface area contributed by atoms with Gasteiger partial charge in [0.1, 0.15) is 0 Å². The van der Waals surface area contributed by atoms with Crippen molar-refractivity contribution >= 4 is 0 Å². The molecule has 0 spiro atoms. The van der Waals surface area contributed by atoms with Crippen LogP contribution in [0.2, 0.25) is 0 Å². The van der Waals surface area contributed by atoms with Crippen molar-refractivity contribution in [2.45, 2.75) is 103 Å². The molecule has 1 aliphatic heterocycles. The average molecular weight is 363 g/mol. The first-order chi connectivity index (χ1) is 12.8. The largest absolute Gasteiger partial charge is 0.376 e. The van der Waals surface area contributed by atoms with Crippen LogP contribution in [0.15, 0.2) is 12.2 Å². The van der Waals surface area contributed by atoms with Crippen molar-refractivity contribution in [1.29, 1.82) is 0 Å². The first kappa shape index (κ1) is 20.4. The average Bonchev–Trinajstić information content (AvgIpc) is 2.69. The first-order valence-electron chi connectivity index (χ1n) is 11.7. The lowest BCUT2D eigenvalue weighted by Crippen LogP contribution is -2.37. The molecule has 2 aliphatic carbocycles. The molecule has 3 aliphatic rings. The van der Waals surface area contributed by atoms with Crippen molar-refractivity contribution in [3.63, 3.8) is 0 Å². The van der Waals surface area contributed by atoms with Gasteiger partial charge in [0.25, 0.3) is 0 Å². The minimum atomic E-state index is 0.350. The zero-order valence-electron chi connectivity index (χ0n) is 17.3. The monoisotopic (exact) mass is 362 g/mol. The topological polar surface area (TPSA) is 18.5 Å². The number of hydrogen-bond acceptors (Lipinski definition) is 2. The lowest BCUT2D eigenvalue weighted by molar-refractivity contribution is -0.105. The molecule has 0 aromatic carbocycles. The van der Waals surface area contributed by atoms with Crippen molar-refractivity contribution in [2.75, 3.05) is 13.2 Å². The lowest BCUT2D eigenvalue weighted by atomic mass is 9.76. The maximum Gasteiger partial charge on any atom is 0.0809 e. The normalized spacial score (nSPS) is 39.3. The summed E-state index contributed by atoms with van der Waals surface area (Å²) in [4.78, 5) is 0. The van der Waals surface area contributed by atoms with Gasteiger partial charge in [-0.3, -0.25) is 0 Å². The van der Waals surface area contributed by atoms with Crippen molar-refractivity contribution in [1.82, 2.24) is 0 Å². The van der Waals surface area contributed by atoms with Crippen LogP contribution in [0.3, 0.4) is 0 Å². The van der Waals surface area contributed by atoms with Gasteiger partial charge in [0.05, 0.1) is 18.8 Å². The SMILES string of the molecule is CCCC1CCC(/C=C/C2CCC(C3CCC(OCC)CO3)CC2)CC1. The molecule has 0 bridgehead atoms. The highest BCUT2D eigenvalue weighted by molar-refractivity contribution is 4.97. The molecule has 2 nitrogen and oxygen atoms in total. The molecular weight excluding hydrogens is 320 g/mol. The third-order valence-corrected chi connectivity index (χ3v) is 7.26. The molecule has 26 heavy (non-hydrogen) atoms. The molecule has 0 amide bonds. The number of rotatable bonds is 7. The Bertz CT molecular complexity index is 394. The highest BCUT2D eigenvalue weighted by Gasteiger charge is 2.31. The van der Waals surface area contributed by atoms with Gasteiger partial charge in [0.2, 0.25) is 0 Å². The Kier molecular flexibility index (Phi) is 8.52. The molecule has 0 N–H and O–H groups in total. The van der Waals surface area contributed by atoms with Gasteiger partial charge in [-0.2, -0.15) is 0 Å². The van der Waals surface area contributed by atoms with E-state index in [1.54, 1.807) is 0 Å². The van der Waals surface area contributed by atoms with Gasteiger partial charge < -0.3 is 9.47 Å². The summed E-state index contributed by atoms with van der Waals surface area (Å²) in [7, 11) is 0. The molecule has 150 valence electrons. The predicted octanol–water partition coefficient (Wildman–Crippen LogP) is 6.54. The second-order valence-electron chi connectivity index (χ2n) is 9.16. The van der Waals surface area contributed by atoms with E-state index >= 15 is 0 Å². The molecular formula is C24H42O2. The van der Waals surface area contributed by atoms with Crippen molar-refractivity contribution < 1.29 is 9.47 Å². The van der Waals surface area contributed by atoms with Crippen LogP contribution in [0.4, 0.5) is 0 Å². The van der Waals surface area contributed by atoms with E-state index in [1.165, 1.54) is 77.0 Å². The summed E-state index contributed by atoms with van der Waals surface area (Å²) in [5.41, 5.74) is 0. The van der Waals surface area contributed by atoms with Crippen LogP contribution in [0.5, 0.6) is 0 Å². The van der Waals surface area contributed by atoms with E-state index < -0.39 is 0 Å². The standard InChI is InChI=1S/C24H42O2/c1-3-5-19-6-8-20(9-7-19)10-11-21-12-14-22(15-13-21)24-17-16-23(18-26-24)25-4-2/h10-11,19-24H,3-9,12-18H2,1-2H3/b11-10+. The molecule has 2 atom stereocenters. The summed E-state index contributed by atoms with van der Waals surface area (Å²) in [6.07, 6.45) is 22.6. The third kappa shape index (κ3) is 6.09. The Labute approximate surface area is 162 Å². The van der Waals surface area contributed by atoms with Crippen LogP contribution in [0, 0.1) is 23.7 Å². The van der Waals surface area contributed by atoms with E-state index in [0.717, 1.165) is 36.9 Å². The smallest absolute Gasteiger partial charge is 0.0809 e. The molecule has 3 fully saturated rings. The van der Waals surface area contributed by atoms with E-state index in [9.17, 15) is 0 Å². The van der Waals surface area contributed by atoms with E-state index in [2.05, 4.69) is 26.0 Å². The molecule has 2 saturated carbocycles. The zero-order chi connectivity index (χ0) is 18.2. The molecule has 2 heteroatoms. The third-order valence-electron chi connectivity index (χ3n) is 7.26. The van der Waals surface area contributed by atoms with Crippen molar-refractivity contribution in [2.24, 2.45) is 23.7 Å². The van der Waals surface area contributed by atoms with E-state index in [0.29, 0.717) is 12.2 Å². The van der Waals surface area contributed by atoms with Crippen LogP contribution < -0.4 is 0 Å². The Morgan fingerprint density at radius 3 is 2.00 bits per heavy atom. The first-order valence-corrected chi connectivity index (χ1v) is 11.7. The summed E-state index contributed by atoms with van der Waals surface area (Å²) in [6, 6.07) is 0. The fourth-order valence-corrected chi connectivity index (χ4v) is 5.59. The summed E-state index contributed by atoms with van der Waals surface area (Å²) in [6.45, 7) is 6.05. The van der Waals surface area contributed by atoms with E-state index in [4.69, 9.17) is 9.47 Å².